The van der Waals surface area contributed by atoms with Gasteiger partial charge in [0, 0.05) is 22.4 Å². The van der Waals surface area contributed by atoms with Crippen LogP contribution in [0.15, 0.2) is 0 Å². The van der Waals surface area contributed by atoms with Crippen molar-refractivity contribution in [2.75, 3.05) is 0 Å². The predicted molar refractivity (Wildman–Crippen MR) is 30.7 cm³/mol. The predicted octanol–water partition coefficient (Wildman–Crippen LogP) is -4.84. The Morgan fingerprint density at radius 2 is 0.500 bits per heavy atom. The fourth-order valence-corrected chi connectivity index (χ4v) is 0. The van der Waals surface area contributed by atoms with E-state index in [1.54, 1.807) is 0 Å². The summed E-state index contributed by atoms with van der Waals surface area (Å²) in [4.78, 5) is 0. The van der Waals surface area contributed by atoms with Gasteiger partial charge in [-0.2, -0.15) is 0 Å². The molecule has 1 radical (unpaired) electrons. The molecule has 0 aliphatic rings. The third kappa shape index (κ3) is 43.9. The van der Waals surface area contributed by atoms with Gasteiger partial charge in [0.05, 0.1) is 0 Å². The molecule has 0 saturated carbocycles. The van der Waals surface area contributed by atoms with Crippen LogP contribution in [0.25, 0.3) is 0 Å². The van der Waals surface area contributed by atoms with Gasteiger partial charge in [-0.25, -0.2) is 0 Å². The first-order valence-electron chi connectivity index (χ1n) is 0. The van der Waals surface area contributed by atoms with Crippen molar-refractivity contribution in [2.45, 2.75) is 0 Å². The van der Waals surface area contributed by atoms with Crippen molar-refractivity contribution >= 4 is 34.7 Å². The second-order valence-electron chi connectivity index (χ2n) is 0. The standard InChI is InChI=1S/2Al.Nb.3H2O.6H/h;;;3*1H2;;;;;;. The minimum atomic E-state index is 0. The van der Waals surface area contributed by atoms with Crippen LogP contribution in [0.3, 0.4) is 0 Å². The summed E-state index contributed by atoms with van der Waals surface area (Å²) in [6.07, 6.45) is 0. The van der Waals surface area contributed by atoms with Crippen LogP contribution in [0.2, 0.25) is 0 Å². The summed E-state index contributed by atoms with van der Waals surface area (Å²) in [6.45, 7) is 0. The fraction of sp³-hybridized carbons (Fsp3) is 0. The minimum absolute atomic E-state index is 0. The van der Waals surface area contributed by atoms with E-state index in [4.69, 9.17) is 0 Å². The maximum absolute atomic E-state index is 0. The summed E-state index contributed by atoms with van der Waals surface area (Å²) in [5.74, 6) is 0. The van der Waals surface area contributed by atoms with E-state index >= 15 is 0 Å². The average Bonchev–Trinajstić information content (AvgIpc) is 0. The molecular weight excluding hydrogens is 195 g/mol. The van der Waals surface area contributed by atoms with Crippen molar-refractivity contribution in [1.29, 1.82) is 0 Å². The van der Waals surface area contributed by atoms with E-state index in [9.17, 15) is 0 Å². The van der Waals surface area contributed by atoms with Crippen LogP contribution in [0.1, 0.15) is 0 Å². The first-order chi connectivity index (χ1) is 0. The number of hydrogen-bond donors (Lipinski definition) is 0. The Hall–Kier alpha value is 1.69. The van der Waals surface area contributed by atoms with Gasteiger partial charge in [-0.3, -0.25) is 0 Å². The molecule has 3 nitrogen and oxygen atoms in total. The van der Waals surface area contributed by atoms with Crippen LogP contribution in [0.5, 0.6) is 0 Å². The Kier molecular flexibility index (Phi) is 1530. The minimum Gasteiger partial charge on any atom is -0.412 e. The summed E-state index contributed by atoms with van der Waals surface area (Å²) < 4.78 is 0. The molecule has 0 aromatic carbocycles. The largest absolute Gasteiger partial charge is 0.412 e. The van der Waals surface area contributed by atoms with Gasteiger partial charge in [-0.1, -0.05) is 0 Å². The van der Waals surface area contributed by atoms with E-state index in [1.807, 2.05) is 0 Å². The van der Waals surface area contributed by atoms with Gasteiger partial charge in [0.1, 0.15) is 0 Å². The molecule has 0 aromatic heterocycles. The van der Waals surface area contributed by atoms with E-state index in [0.29, 0.717) is 0 Å². The van der Waals surface area contributed by atoms with Crippen LogP contribution in [-0.4, -0.2) is 51.2 Å². The zero-order valence-corrected chi connectivity index (χ0v) is 4.15. The van der Waals surface area contributed by atoms with Gasteiger partial charge >= 0.3 is 0 Å². The average molecular weight is 207 g/mol. The summed E-state index contributed by atoms with van der Waals surface area (Å²) in [7, 11) is 0. The molecule has 0 heterocycles. The van der Waals surface area contributed by atoms with Crippen molar-refractivity contribution in [3.8, 4) is 0 Å². The molecule has 6 heteroatoms. The van der Waals surface area contributed by atoms with Gasteiger partial charge in [0.2, 0.25) is 0 Å². The molecule has 0 aliphatic carbocycles. The fourth-order valence-electron chi connectivity index (χ4n) is 0. The summed E-state index contributed by atoms with van der Waals surface area (Å²) >= 11 is 0. The Bertz CT molecular complexity index is 8.75. The van der Waals surface area contributed by atoms with Crippen molar-refractivity contribution in [2.24, 2.45) is 0 Å². The molecule has 0 unspecified atom stereocenters. The molecular formula is H12Al2NbO3. The van der Waals surface area contributed by atoms with Crippen molar-refractivity contribution in [1.82, 2.24) is 0 Å². The Balaban J connectivity index is 0. The third-order valence-electron chi connectivity index (χ3n) is 0. The topological polar surface area (TPSA) is 94.5 Å². The van der Waals surface area contributed by atoms with Crippen LogP contribution < -0.4 is 0 Å². The first-order valence-corrected chi connectivity index (χ1v) is 0. The van der Waals surface area contributed by atoms with Crippen molar-refractivity contribution in [3.63, 3.8) is 0 Å². The van der Waals surface area contributed by atoms with Crippen LogP contribution >= 0.6 is 0 Å². The van der Waals surface area contributed by atoms with Crippen LogP contribution in [0, 0.1) is 0 Å². The summed E-state index contributed by atoms with van der Waals surface area (Å²) in [5, 5.41) is 0. The molecule has 6 N–H and O–H groups in total. The maximum atomic E-state index is 0. The number of rotatable bonds is 0. The zero-order chi connectivity index (χ0) is 0. The van der Waals surface area contributed by atoms with E-state index in [-0.39, 0.29) is 73.5 Å². The van der Waals surface area contributed by atoms with E-state index in [0.717, 1.165) is 0 Å². The molecule has 41 valence electrons. The summed E-state index contributed by atoms with van der Waals surface area (Å²) in [5.41, 5.74) is 0. The van der Waals surface area contributed by atoms with E-state index in [2.05, 4.69) is 0 Å². The molecule has 0 amide bonds. The van der Waals surface area contributed by atoms with Gasteiger partial charge < -0.3 is 16.4 Å². The molecule has 0 rings (SSSR count). The molecule has 6 heavy (non-hydrogen) atoms. The Labute approximate surface area is 73.2 Å². The van der Waals surface area contributed by atoms with E-state index in [1.165, 1.54) is 0 Å². The van der Waals surface area contributed by atoms with Crippen LogP contribution in [-0.2, 0) is 22.4 Å². The van der Waals surface area contributed by atoms with Crippen molar-refractivity contribution in [3.05, 3.63) is 0 Å². The smallest absolute Gasteiger partial charge is 0.187 e. The Morgan fingerprint density at radius 1 is 0.500 bits per heavy atom. The molecule has 0 atom stereocenters. The van der Waals surface area contributed by atoms with E-state index < -0.39 is 0 Å². The molecule has 0 bridgehead atoms. The second kappa shape index (κ2) is 76.1. The molecule has 0 fully saturated rings. The van der Waals surface area contributed by atoms with Crippen LogP contribution in [0.4, 0.5) is 0 Å². The molecule has 0 aromatic rings. The second-order valence-corrected chi connectivity index (χ2v) is 0. The van der Waals surface area contributed by atoms with Gasteiger partial charge in [-0.15, -0.1) is 0 Å². The van der Waals surface area contributed by atoms with Gasteiger partial charge in [-0.05, 0) is 0 Å². The monoisotopic (exact) mass is 207 g/mol. The zero-order valence-electron chi connectivity index (χ0n) is 1.95. The summed E-state index contributed by atoms with van der Waals surface area (Å²) in [6, 6.07) is 0. The maximum Gasteiger partial charge on any atom is 0.187 e. The molecule has 0 spiro atoms. The molecule has 0 saturated heterocycles. The third-order valence-corrected chi connectivity index (χ3v) is 0. The van der Waals surface area contributed by atoms with Gasteiger partial charge in [0.15, 0.2) is 34.7 Å². The normalized spacial score (nSPS) is 0. The van der Waals surface area contributed by atoms with Crippen molar-refractivity contribution < 1.29 is 38.8 Å². The number of hydrogen-bond acceptors (Lipinski definition) is 0. The Morgan fingerprint density at radius 3 is 0.500 bits per heavy atom. The van der Waals surface area contributed by atoms with Gasteiger partial charge in [0.25, 0.3) is 0 Å². The SMILES string of the molecule is O.O.O.[AlH3].[AlH3].[Nb]. The quantitative estimate of drug-likeness (QED) is 0.356. The molecule has 0 aliphatic heterocycles. The first kappa shape index (κ1) is 121.